The van der Waals surface area contributed by atoms with Gasteiger partial charge in [-0.25, -0.2) is 8.78 Å². The average Bonchev–Trinajstić information content (AvgIpc) is 2.42. The van der Waals surface area contributed by atoms with Crippen LogP contribution in [0.3, 0.4) is 0 Å². The molecule has 1 aromatic rings. The Bertz CT molecular complexity index is 470. The van der Waals surface area contributed by atoms with Gasteiger partial charge in [0, 0.05) is 17.9 Å². The number of carbonyl (C=O) groups is 1. The van der Waals surface area contributed by atoms with Crippen molar-refractivity contribution in [1.29, 1.82) is 0 Å². The van der Waals surface area contributed by atoms with Crippen LogP contribution in [0.4, 0.5) is 14.5 Å². The van der Waals surface area contributed by atoms with Gasteiger partial charge in [-0.05, 0) is 18.1 Å². The van der Waals surface area contributed by atoms with E-state index < -0.39 is 17.7 Å². The second kappa shape index (κ2) is 6.43. The molecule has 0 aliphatic carbocycles. The molecule has 19 heavy (non-hydrogen) atoms. The van der Waals surface area contributed by atoms with Gasteiger partial charge < -0.3 is 14.4 Å². The summed E-state index contributed by atoms with van der Waals surface area (Å²) in [5.74, 6) is -0.960. The van der Waals surface area contributed by atoms with Crippen LogP contribution in [0.15, 0.2) is 12.1 Å². The number of morpholine rings is 1. The summed E-state index contributed by atoms with van der Waals surface area (Å²) in [6.07, 6.45) is 1.10. The quantitative estimate of drug-likeness (QED) is 0.625. The highest BCUT2D eigenvalue weighted by molar-refractivity contribution is 9.09. The highest BCUT2D eigenvalue weighted by atomic mass is 79.9. The lowest BCUT2D eigenvalue weighted by molar-refractivity contribution is -0.111. The number of nitrogens with zero attached hydrogens (tertiary/aromatic N) is 1. The van der Waals surface area contributed by atoms with E-state index in [1.807, 2.05) is 0 Å². The molecular weight excluding hydrogens is 320 g/mol. The van der Waals surface area contributed by atoms with Crippen LogP contribution in [0.2, 0.25) is 0 Å². The topological polar surface area (TPSA) is 29.5 Å². The number of carbonyl (C=O) groups excluding carboxylic acids is 1. The van der Waals surface area contributed by atoms with Gasteiger partial charge in [0.15, 0.2) is 0 Å². The van der Waals surface area contributed by atoms with Gasteiger partial charge in [0.2, 0.25) is 0 Å². The summed E-state index contributed by atoms with van der Waals surface area (Å²) in [5.41, 5.74) is 0.444. The number of rotatable bonds is 4. The van der Waals surface area contributed by atoms with Gasteiger partial charge in [0.1, 0.15) is 24.0 Å². The van der Waals surface area contributed by atoms with Crippen molar-refractivity contribution in [3.05, 3.63) is 29.3 Å². The van der Waals surface area contributed by atoms with Crippen molar-refractivity contribution in [3.63, 3.8) is 0 Å². The third-order valence-corrected chi connectivity index (χ3v) is 3.49. The van der Waals surface area contributed by atoms with Crippen LogP contribution in [-0.4, -0.2) is 37.4 Å². The SMILES string of the molecule is O=CC1COCCN1c1cc(F)cc(CCBr)c1F. The van der Waals surface area contributed by atoms with Gasteiger partial charge in [0.05, 0.1) is 18.9 Å². The van der Waals surface area contributed by atoms with Crippen molar-refractivity contribution in [2.24, 2.45) is 0 Å². The van der Waals surface area contributed by atoms with Crippen molar-refractivity contribution in [2.75, 3.05) is 30.0 Å². The second-order valence-electron chi connectivity index (χ2n) is 4.31. The average molecular weight is 334 g/mol. The lowest BCUT2D eigenvalue weighted by Gasteiger charge is -2.34. The fourth-order valence-corrected chi connectivity index (χ4v) is 2.58. The van der Waals surface area contributed by atoms with Gasteiger partial charge in [-0.3, -0.25) is 0 Å². The van der Waals surface area contributed by atoms with E-state index in [0.717, 1.165) is 6.07 Å². The molecule has 0 N–H and O–H groups in total. The molecule has 0 spiro atoms. The summed E-state index contributed by atoms with van der Waals surface area (Å²) in [4.78, 5) is 12.6. The fourth-order valence-electron chi connectivity index (χ4n) is 2.16. The fraction of sp³-hybridized carbons (Fsp3) is 0.462. The van der Waals surface area contributed by atoms with E-state index in [-0.39, 0.29) is 12.3 Å². The number of hydrogen-bond donors (Lipinski definition) is 0. The molecular formula is C13H14BrF2NO2. The zero-order chi connectivity index (χ0) is 13.8. The molecule has 0 amide bonds. The molecule has 1 aliphatic heterocycles. The van der Waals surface area contributed by atoms with E-state index in [4.69, 9.17) is 4.74 Å². The normalized spacial score (nSPS) is 19.5. The van der Waals surface area contributed by atoms with E-state index in [9.17, 15) is 13.6 Å². The Kier molecular flexibility index (Phi) is 4.87. The van der Waals surface area contributed by atoms with Crippen LogP contribution in [0, 0.1) is 11.6 Å². The first-order valence-corrected chi connectivity index (χ1v) is 7.13. The Morgan fingerprint density at radius 3 is 2.95 bits per heavy atom. The summed E-state index contributed by atoms with van der Waals surface area (Å²) < 4.78 is 33.1. The first-order chi connectivity index (χ1) is 9.17. The maximum atomic E-state index is 14.3. The summed E-state index contributed by atoms with van der Waals surface area (Å²) in [6, 6.07) is 1.76. The standard InChI is InChI=1S/C13H14BrF2NO2/c14-2-1-9-5-10(15)6-12(13(9)16)17-3-4-19-8-11(17)7-18/h5-7,11H,1-4,8H2. The van der Waals surface area contributed by atoms with Crippen molar-refractivity contribution in [3.8, 4) is 0 Å². The number of benzene rings is 1. The number of halogens is 3. The first kappa shape index (κ1) is 14.4. The zero-order valence-corrected chi connectivity index (χ0v) is 11.8. The molecule has 1 aromatic carbocycles. The molecule has 1 heterocycles. The zero-order valence-electron chi connectivity index (χ0n) is 10.2. The van der Waals surface area contributed by atoms with Crippen molar-refractivity contribution in [1.82, 2.24) is 0 Å². The van der Waals surface area contributed by atoms with E-state index in [1.165, 1.54) is 6.07 Å². The van der Waals surface area contributed by atoms with Gasteiger partial charge in [0.25, 0.3) is 0 Å². The molecule has 1 atom stereocenters. The van der Waals surface area contributed by atoms with Gasteiger partial charge in [-0.2, -0.15) is 0 Å². The van der Waals surface area contributed by atoms with Gasteiger partial charge >= 0.3 is 0 Å². The number of alkyl halides is 1. The lowest BCUT2D eigenvalue weighted by Crippen LogP contribution is -2.47. The molecule has 1 saturated heterocycles. The van der Waals surface area contributed by atoms with Gasteiger partial charge in [-0.15, -0.1) is 0 Å². The molecule has 3 nitrogen and oxygen atoms in total. The van der Waals surface area contributed by atoms with E-state index in [2.05, 4.69) is 15.9 Å². The number of aryl methyl sites for hydroxylation is 1. The molecule has 0 radical (unpaired) electrons. The third-order valence-electron chi connectivity index (χ3n) is 3.09. The van der Waals surface area contributed by atoms with Crippen molar-refractivity contribution >= 4 is 27.9 Å². The molecule has 1 aliphatic rings. The second-order valence-corrected chi connectivity index (χ2v) is 5.10. The predicted molar refractivity (Wildman–Crippen MR) is 71.9 cm³/mol. The molecule has 0 saturated carbocycles. The monoisotopic (exact) mass is 333 g/mol. The maximum Gasteiger partial charge on any atom is 0.149 e. The van der Waals surface area contributed by atoms with Crippen LogP contribution in [0.1, 0.15) is 5.56 Å². The summed E-state index contributed by atoms with van der Waals surface area (Å²) in [5, 5.41) is 0.549. The molecule has 1 fully saturated rings. The number of anilines is 1. The Labute approximate surface area is 118 Å². The smallest absolute Gasteiger partial charge is 0.149 e. The Morgan fingerprint density at radius 2 is 2.26 bits per heavy atom. The Morgan fingerprint density at radius 1 is 1.47 bits per heavy atom. The minimum atomic E-state index is -0.568. The van der Waals surface area contributed by atoms with Gasteiger partial charge in [-0.1, -0.05) is 15.9 Å². The molecule has 1 unspecified atom stereocenters. The summed E-state index contributed by atoms with van der Waals surface area (Å²) in [7, 11) is 0. The first-order valence-electron chi connectivity index (χ1n) is 6.01. The molecule has 104 valence electrons. The number of aldehydes is 1. The van der Waals surface area contributed by atoms with Crippen molar-refractivity contribution < 1.29 is 18.3 Å². The predicted octanol–water partition coefficient (Wildman–Crippen LogP) is 2.31. The Balaban J connectivity index is 2.39. The van der Waals surface area contributed by atoms with Crippen LogP contribution in [-0.2, 0) is 16.0 Å². The lowest BCUT2D eigenvalue weighted by atomic mass is 10.1. The van der Waals surface area contributed by atoms with Crippen LogP contribution >= 0.6 is 15.9 Å². The Hall–Kier alpha value is -1.01. The molecule has 2 rings (SSSR count). The largest absolute Gasteiger partial charge is 0.377 e. The number of hydrogen-bond acceptors (Lipinski definition) is 3. The number of ether oxygens (including phenoxy) is 1. The van der Waals surface area contributed by atoms with Crippen LogP contribution in [0.25, 0.3) is 0 Å². The van der Waals surface area contributed by atoms with E-state index in [1.54, 1.807) is 4.90 Å². The summed E-state index contributed by atoms with van der Waals surface area (Å²) in [6.45, 7) is 0.971. The van der Waals surface area contributed by atoms with E-state index >= 15 is 0 Å². The maximum absolute atomic E-state index is 14.3. The minimum Gasteiger partial charge on any atom is -0.377 e. The summed E-state index contributed by atoms with van der Waals surface area (Å²) >= 11 is 3.21. The third kappa shape index (κ3) is 3.12. The minimum absolute atomic E-state index is 0.136. The van der Waals surface area contributed by atoms with Crippen molar-refractivity contribution in [2.45, 2.75) is 12.5 Å². The molecule has 6 heteroatoms. The van der Waals surface area contributed by atoms with Crippen LogP contribution in [0.5, 0.6) is 0 Å². The highest BCUT2D eigenvalue weighted by Crippen LogP contribution is 2.27. The van der Waals surface area contributed by atoms with E-state index in [0.29, 0.717) is 36.8 Å². The highest BCUT2D eigenvalue weighted by Gasteiger charge is 2.26. The molecule has 0 bridgehead atoms. The molecule has 0 aromatic heterocycles. The van der Waals surface area contributed by atoms with Crippen LogP contribution < -0.4 is 4.90 Å².